The van der Waals surface area contributed by atoms with E-state index in [1.807, 2.05) is 32.0 Å². The van der Waals surface area contributed by atoms with Crippen LogP contribution >= 0.6 is 11.3 Å². The fraction of sp³-hybridized carbons (Fsp3) is 0.478. The Balaban J connectivity index is 1.80. The number of nitrogens with one attached hydrogen (secondary N) is 1. The van der Waals surface area contributed by atoms with E-state index in [2.05, 4.69) is 12.2 Å². The lowest BCUT2D eigenvalue weighted by atomic mass is 9.85. The quantitative estimate of drug-likeness (QED) is 0.669. The molecule has 1 aliphatic carbocycles. The molecule has 5 nitrogen and oxygen atoms in total. The highest BCUT2D eigenvalue weighted by Gasteiger charge is 2.30. The number of hydrogen-bond acceptors (Lipinski definition) is 5. The highest BCUT2D eigenvalue weighted by atomic mass is 32.1. The summed E-state index contributed by atoms with van der Waals surface area (Å²) in [6.07, 6.45) is 3.28. The lowest BCUT2D eigenvalue weighted by Gasteiger charge is -2.20. The van der Waals surface area contributed by atoms with Crippen LogP contribution in [0.15, 0.2) is 18.2 Å². The van der Waals surface area contributed by atoms with Crippen LogP contribution in [-0.4, -0.2) is 25.1 Å². The minimum absolute atomic E-state index is 0.277. The third-order valence-electron chi connectivity index (χ3n) is 5.57. The van der Waals surface area contributed by atoms with Crippen LogP contribution in [-0.2, 0) is 22.4 Å². The number of hydrogen-bond donors (Lipinski definition) is 1. The van der Waals surface area contributed by atoms with Crippen molar-refractivity contribution in [2.45, 2.75) is 59.5 Å². The Morgan fingerprint density at radius 2 is 2.07 bits per heavy atom. The molecule has 29 heavy (non-hydrogen) atoms. The first-order valence-electron chi connectivity index (χ1n) is 10.1. The van der Waals surface area contributed by atoms with Crippen LogP contribution in [0.1, 0.15) is 58.6 Å². The summed E-state index contributed by atoms with van der Waals surface area (Å²) >= 11 is 1.49. The van der Waals surface area contributed by atoms with Crippen molar-refractivity contribution in [2.75, 3.05) is 12.4 Å². The molecular weight excluding hydrogens is 386 g/mol. The van der Waals surface area contributed by atoms with Gasteiger partial charge in [-0.1, -0.05) is 31.0 Å². The Morgan fingerprint density at radius 1 is 1.31 bits per heavy atom. The van der Waals surface area contributed by atoms with Crippen LogP contribution in [0.5, 0.6) is 5.75 Å². The first-order valence-corrected chi connectivity index (χ1v) is 10.9. The van der Waals surface area contributed by atoms with Gasteiger partial charge in [-0.3, -0.25) is 4.79 Å². The number of rotatable bonds is 6. The SMILES string of the molecule is CCC1CCc2c(sc(NC(=O)C(C)Oc3ccc(C)cc3C)c2C(=O)OC)C1. The van der Waals surface area contributed by atoms with E-state index in [1.54, 1.807) is 6.92 Å². The van der Waals surface area contributed by atoms with Crippen molar-refractivity contribution >= 4 is 28.2 Å². The van der Waals surface area contributed by atoms with Crippen LogP contribution in [0.2, 0.25) is 0 Å². The molecule has 1 N–H and O–H groups in total. The van der Waals surface area contributed by atoms with Gasteiger partial charge in [0.05, 0.1) is 12.7 Å². The number of carbonyl (C=O) groups excluding carboxylic acids is 2. The van der Waals surface area contributed by atoms with Crippen molar-refractivity contribution in [3.8, 4) is 5.75 Å². The maximum absolute atomic E-state index is 12.8. The van der Waals surface area contributed by atoms with E-state index in [4.69, 9.17) is 9.47 Å². The lowest BCUT2D eigenvalue weighted by Crippen LogP contribution is -2.30. The number of ether oxygens (including phenoxy) is 2. The number of thiophene rings is 1. The number of methoxy groups -OCH3 is 1. The minimum Gasteiger partial charge on any atom is -0.481 e. The van der Waals surface area contributed by atoms with Crippen molar-refractivity contribution in [1.29, 1.82) is 0 Å². The van der Waals surface area contributed by atoms with Gasteiger partial charge in [-0.25, -0.2) is 4.79 Å². The van der Waals surface area contributed by atoms with Crippen molar-refractivity contribution < 1.29 is 19.1 Å². The molecular formula is C23H29NO4S. The molecule has 1 aromatic carbocycles. The summed E-state index contributed by atoms with van der Waals surface area (Å²) in [5.41, 5.74) is 3.67. The van der Waals surface area contributed by atoms with E-state index in [-0.39, 0.29) is 5.91 Å². The van der Waals surface area contributed by atoms with Gasteiger partial charge in [0.15, 0.2) is 6.10 Å². The predicted octanol–water partition coefficient (Wildman–Crippen LogP) is 5.07. The van der Waals surface area contributed by atoms with Gasteiger partial charge < -0.3 is 14.8 Å². The van der Waals surface area contributed by atoms with E-state index in [9.17, 15) is 9.59 Å². The third-order valence-corrected chi connectivity index (χ3v) is 6.74. The van der Waals surface area contributed by atoms with Crippen LogP contribution in [0.25, 0.3) is 0 Å². The zero-order chi connectivity index (χ0) is 21.1. The summed E-state index contributed by atoms with van der Waals surface area (Å²) in [4.78, 5) is 26.4. The number of aryl methyl sites for hydroxylation is 2. The van der Waals surface area contributed by atoms with Crippen molar-refractivity contribution in [1.82, 2.24) is 0 Å². The minimum atomic E-state index is -0.690. The molecule has 0 aliphatic heterocycles. The zero-order valence-electron chi connectivity index (χ0n) is 17.8. The van der Waals surface area contributed by atoms with Crippen molar-refractivity contribution in [3.05, 3.63) is 45.3 Å². The molecule has 0 saturated heterocycles. The van der Waals surface area contributed by atoms with Crippen LogP contribution < -0.4 is 10.1 Å². The van der Waals surface area contributed by atoms with E-state index in [1.165, 1.54) is 23.3 Å². The van der Waals surface area contributed by atoms with Gasteiger partial charge >= 0.3 is 5.97 Å². The maximum Gasteiger partial charge on any atom is 0.341 e. The average molecular weight is 416 g/mol. The van der Waals surface area contributed by atoms with E-state index < -0.39 is 12.1 Å². The second kappa shape index (κ2) is 8.99. The number of benzene rings is 1. The maximum atomic E-state index is 12.8. The molecule has 2 aromatic rings. The summed E-state index contributed by atoms with van der Waals surface area (Å²) in [6.45, 7) is 7.88. The molecule has 0 bridgehead atoms. The summed E-state index contributed by atoms with van der Waals surface area (Å²) in [6, 6.07) is 5.86. The monoisotopic (exact) mass is 415 g/mol. The molecule has 1 aliphatic rings. The van der Waals surface area contributed by atoms with Crippen LogP contribution in [0, 0.1) is 19.8 Å². The zero-order valence-corrected chi connectivity index (χ0v) is 18.6. The Morgan fingerprint density at radius 3 is 2.72 bits per heavy atom. The number of fused-ring (bicyclic) bond motifs is 1. The molecule has 0 radical (unpaired) electrons. The van der Waals surface area contributed by atoms with Gasteiger partial charge in [0.1, 0.15) is 10.8 Å². The Labute approximate surface area is 176 Å². The predicted molar refractivity (Wildman–Crippen MR) is 116 cm³/mol. The molecule has 6 heteroatoms. The molecule has 2 unspecified atom stereocenters. The first-order chi connectivity index (χ1) is 13.8. The molecule has 0 spiro atoms. The highest BCUT2D eigenvalue weighted by molar-refractivity contribution is 7.17. The largest absolute Gasteiger partial charge is 0.481 e. The molecule has 156 valence electrons. The van der Waals surface area contributed by atoms with E-state index in [0.29, 0.717) is 22.2 Å². The second-order valence-corrected chi connectivity index (χ2v) is 8.84. The van der Waals surface area contributed by atoms with Crippen LogP contribution in [0.4, 0.5) is 5.00 Å². The number of amides is 1. The van der Waals surface area contributed by atoms with Gasteiger partial charge in [0.25, 0.3) is 5.91 Å². The Hall–Kier alpha value is -2.34. The molecule has 1 amide bonds. The normalized spacial score (nSPS) is 16.7. The van der Waals surface area contributed by atoms with E-state index in [0.717, 1.165) is 42.4 Å². The topological polar surface area (TPSA) is 64.6 Å². The standard InChI is InChI=1S/C23H29NO4S/c1-6-16-8-9-17-19(12-16)29-22(20(17)23(26)27-5)24-21(25)15(4)28-18-10-7-13(2)11-14(18)3/h7,10-11,15-16H,6,8-9,12H2,1-5H3,(H,24,25). The number of esters is 1. The van der Waals surface area contributed by atoms with Gasteiger partial charge in [0, 0.05) is 4.88 Å². The Kier molecular flexibility index (Phi) is 6.63. The summed E-state index contributed by atoms with van der Waals surface area (Å²) < 4.78 is 10.9. The fourth-order valence-electron chi connectivity index (χ4n) is 3.80. The average Bonchev–Trinajstić information content (AvgIpc) is 3.06. The highest BCUT2D eigenvalue weighted by Crippen LogP contribution is 2.40. The lowest BCUT2D eigenvalue weighted by molar-refractivity contribution is -0.122. The van der Waals surface area contributed by atoms with Crippen molar-refractivity contribution in [3.63, 3.8) is 0 Å². The van der Waals surface area contributed by atoms with Gasteiger partial charge in [-0.15, -0.1) is 11.3 Å². The fourth-order valence-corrected chi connectivity index (χ4v) is 5.15. The molecule has 0 saturated carbocycles. The van der Waals surface area contributed by atoms with Gasteiger partial charge in [-0.2, -0.15) is 0 Å². The molecule has 3 rings (SSSR count). The van der Waals surface area contributed by atoms with Crippen molar-refractivity contribution in [2.24, 2.45) is 5.92 Å². The van der Waals surface area contributed by atoms with Gasteiger partial charge in [0.2, 0.25) is 0 Å². The number of carbonyl (C=O) groups is 2. The third kappa shape index (κ3) is 4.64. The smallest absolute Gasteiger partial charge is 0.341 e. The summed E-state index contributed by atoms with van der Waals surface area (Å²) in [5, 5.41) is 3.49. The summed E-state index contributed by atoms with van der Waals surface area (Å²) in [7, 11) is 1.38. The van der Waals surface area contributed by atoms with E-state index >= 15 is 0 Å². The molecule has 2 atom stereocenters. The molecule has 1 aromatic heterocycles. The second-order valence-electron chi connectivity index (χ2n) is 7.73. The first kappa shape index (κ1) is 21.4. The van der Waals surface area contributed by atoms with Crippen LogP contribution in [0.3, 0.4) is 0 Å². The Bertz CT molecular complexity index is 918. The van der Waals surface area contributed by atoms with Gasteiger partial charge in [-0.05, 0) is 63.1 Å². The summed E-state index contributed by atoms with van der Waals surface area (Å²) in [5.74, 6) is 0.640. The number of anilines is 1. The molecule has 0 fully saturated rings. The molecule has 1 heterocycles.